The standard InChI is InChI=1S/C11H14ClN7/c1-7(8-3-2-4-8)15-10-16-9(12)17-11(18-10)19-6-13-5-14-19/h5-8H,2-4H2,1H3,(H,15,16,17,18). The minimum atomic E-state index is 0.142. The van der Waals surface area contributed by atoms with Crippen LogP contribution in [0, 0.1) is 5.92 Å². The van der Waals surface area contributed by atoms with Crippen molar-refractivity contribution in [3.8, 4) is 5.95 Å². The molecule has 0 radical (unpaired) electrons. The molecule has 0 spiro atoms. The zero-order valence-electron chi connectivity index (χ0n) is 10.5. The lowest BCUT2D eigenvalue weighted by atomic mass is 9.80. The molecule has 1 aliphatic carbocycles. The lowest BCUT2D eigenvalue weighted by molar-refractivity contribution is 0.284. The van der Waals surface area contributed by atoms with Crippen LogP contribution in [0.5, 0.6) is 0 Å². The van der Waals surface area contributed by atoms with Crippen LogP contribution >= 0.6 is 11.6 Å². The molecule has 1 unspecified atom stereocenters. The van der Waals surface area contributed by atoms with E-state index in [1.165, 1.54) is 36.6 Å². The second-order valence-corrected chi connectivity index (χ2v) is 5.03. The van der Waals surface area contributed by atoms with E-state index in [4.69, 9.17) is 11.6 Å². The van der Waals surface area contributed by atoms with Gasteiger partial charge in [0.2, 0.25) is 11.2 Å². The van der Waals surface area contributed by atoms with Crippen molar-refractivity contribution in [3.05, 3.63) is 17.9 Å². The number of nitrogens with zero attached hydrogens (tertiary/aromatic N) is 6. The van der Waals surface area contributed by atoms with E-state index in [0.717, 1.165) is 0 Å². The van der Waals surface area contributed by atoms with Crippen LogP contribution in [0.25, 0.3) is 5.95 Å². The van der Waals surface area contributed by atoms with Crippen LogP contribution in [0.4, 0.5) is 5.95 Å². The number of hydrogen-bond acceptors (Lipinski definition) is 6. The molecule has 2 aromatic heterocycles. The highest BCUT2D eigenvalue weighted by Gasteiger charge is 2.24. The number of rotatable bonds is 4. The van der Waals surface area contributed by atoms with E-state index in [-0.39, 0.29) is 5.28 Å². The van der Waals surface area contributed by atoms with Crippen LogP contribution in [0.2, 0.25) is 5.28 Å². The molecule has 1 atom stereocenters. The first kappa shape index (κ1) is 12.3. The van der Waals surface area contributed by atoms with Gasteiger partial charge < -0.3 is 5.32 Å². The molecule has 7 nitrogen and oxygen atoms in total. The SMILES string of the molecule is CC(Nc1nc(Cl)nc(-n2cncn2)n1)C1CCC1. The number of halogens is 1. The molecule has 19 heavy (non-hydrogen) atoms. The van der Waals surface area contributed by atoms with Gasteiger partial charge in [0.15, 0.2) is 0 Å². The van der Waals surface area contributed by atoms with Crippen LogP contribution < -0.4 is 5.32 Å². The van der Waals surface area contributed by atoms with E-state index >= 15 is 0 Å². The summed E-state index contributed by atoms with van der Waals surface area (Å²) in [5, 5.41) is 7.40. The molecule has 3 rings (SSSR count). The molecule has 0 saturated heterocycles. The highest BCUT2D eigenvalue weighted by molar-refractivity contribution is 6.28. The fourth-order valence-electron chi connectivity index (χ4n) is 2.08. The molecule has 0 aliphatic heterocycles. The molecule has 1 N–H and O–H groups in total. The van der Waals surface area contributed by atoms with Crippen LogP contribution in [0.1, 0.15) is 26.2 Å². The minimum Gasteiger partial charge on any atom is -0.351 e. The van der Waals surface area contributed by atoms with E-state index in [1.54, 1.807) is 0 Å². The van der Waals surface area contributed by atoms with Gasteiger partial charge in [-0.3, -0.25) is 0 Å². The molecular weight excluding hydrogens is 266 g/mol. The van der Waals surface area contributed by atoms with Gasteiger partial charge in [-0.05, 0) is 37.3 Å². The summed E-state index contributed by atoms with van der Waals surface area (Å²) < 4.78 is 1.45. The Balaban J connectivity index is 1.81. The van der Waals surface area contributed by atoms with Crippen molar-refractivity contribution in [2.24, 2.45) is 5.92 Å². The van der Waals surface area contributed by atoms with Gasteiger partial charge in [-0.25, -0.2) is 4.98 Å². The highest BCUT2D eigenvalue weighted by Crippen LogP contribution is 2.30. The number of hydrogen-bond donors (Lipinski definition) is 1. The number of aromatic nitrogens is 6. The molecule has 2 aromatic rings. The Hall–Kier alpha value is -1.76. The van der Waals surface area contributed by atoms with Gasteiger partial charge in [0, 0.05) is 6.04 Å². The summed E-state index contributed by atoms with van der Waals surface area (Å²) in [5.41, 5.74) is 0. The van der Waals surface area contributed by atoms with Crippen molar-refractivity contribution in [1.82, 2.24) is 29.7 Å². The average Bonchev–Trinajstić information content (AvgIpc) is 2.78. The molecule has 0 amide bonds. The molecule has 2 heterocycles. The molecule has 8 heteroatoms. The van der Waals surface area contributed by atoms with E-state index in [1.807, 2.05) is 0 Å². The molecular formula is C11H14ClN7. The smallest absolute Gasteiger partial charge is 0.258 e. The van der Waals surface area contributed by atoms with E-state index in [2.05, 4.69) is 37.3 Å². The second-order valence-electron chi connectivity index (χ2n) is 4.69. The Morgan fingerprint density at radius 1 is 1.37 bits per heavy atom. The zero-order valence-corrected chi connectivity index (χ0v) is 11.2. The lowest BCUT2D eigenvalue weighted by Gasteiger charge is -2.31. The second kappa shape index (κ2) is 5.08. The number of anilines is 1. The van der Waals surface area contributed by atoms with Crippen molar-refractivity contribution in [2.45, 2.75) is 32.2 Å². The van der Waals surface area contributed by atoms with Gasteiger partial charge in [0.25, 0.3) is 5.95 Å². The summed E-state index contributed by atoms with van der Waals surface area (Å²) in [5.74, 6) is 1.52. The van der Waals surface area contributed by atoms with Crippen molar-refractivity contribution in [3.63, 3.8) is 0 Å². The zero-order chi connectivity index (χ0) is 13.2. The average molecular weight is 280 g/mol. The molecule has 1 fully saturated rings. The lowest BCUT2D eigenvalue weighted by Crippen LogP contribution is -2.31. The fourth-order valence-corrected chi connectivity index (χ4v) is 2.24. The van der Waals surface area contributed by atoms with Gasteiger partial charge in [-0.2, -0.15) is 24.7 Å². The third-order valence-corrected chi connectivity index (χ3v) is 3.60. The van der Waals surface area contributed by atoms with Gasteiger partial charge in [0.1, 0.15) is 12.7 Å². The molecule has 0 bridgehead atoms. The highest BCUT2D eigenvalue weighted by atomic mass is 35.5. The van der Waals surface area contributed by atoms with Crippen molar-refractivity contribution < 1.29 is 0 Å². The maximum absolute atomic E-state index is 5.91. The topological polar surface area (TPSA) is 81.4 Å². The molecule has 1 aliphatic rings. The predicted molar refractivity (Wildman–Crippen MR) is 70.2 cm³/mol. The van der Waals surface area contributed by atoms with Crippen LogP contribution in [0.15, 0.2) is 12.7 Å². The fraction of sp³-hybridized carbons (Fsp3) is 0.545. The van der Waals surface area contributed by atoms with Crippen molar-refractivity contribution in [1.29, 1.82) is 0 Å². The Bertz CT molecular complexity index is 552. The van der Waals surface area contributed by atoms with Crippen LogP contribution in [0.3, 0.4) is 0 Å². The maximum Gasteiger partial charge on any atom is 0.258 e. The Labute approximate surface area is 115 Å². The summed E-state index contributed by atoms with van der Waals surface area (Å²) >= 11 is 5.91. The third kappa shape index (κ3) is 2.65. The first-order chi connectivity index (χ1) is 9.22. The first-order valence-electron chi connectivity index (χ1n) is 6.25. The summed E-state index contributed by atoms with van der Waals surface area (Å²) in [6.07, 6.45) is 6.75. The molecule has 1 saturated carbocycles. The van der Waals surface area contributed by atoms with Gasteiger partial charge in [-0.15, -0.1) is 0 Å². The normalized spacial score (nSPS) is 16.9. The van der Waals surface area contributed by atoms with Crippen molar-refractivity contribution >= 4 is 17.5 Å². The number of nitrogens with one attached hydrogen (secondary N) is 1. The Morgan fingerprint density at radius 3 is 2.84 bits per heavy atom. The molecule has 100 valence electrons. The van der Waals surface area contributed by atoms with Crippen LogP contribution in [-0.4, -0.2) is 35.8 Å². The van der Waals surface area contributed by atoms with E-state index in [0.29, 0.717) is 23.9 Å². The summed E-state index contributed by atoms with van der Waals surface area (Å²) in [6, 6.07) is 0.329. The van der Waals surface area contributed by atoms with Gasteiger partial charge >= 0.3 is 0 Å². The summed E-state index contributed by atoms with van der Waals surface area (Å²) in [6.45, 7) is 2.14. The summed E-state index contributed by atoms with van der Waals surface area (Å²) in [4.78, 5) is 16.3. The van der Waals surface area contributed by atoms with Crippen molar-refractivity contribution in [2.75, 3.05) is 5.32 Å². The molecule has 0 aromatic carbocycles. The first-order valence-corrected chi connectivity index (χ1v) is 6.63. The Kier molecular flexibility index (Phi) is 3.29. The summed E-state index contributed by atoms with van der Waals surface area (Å²) in [7, 11) is 0. The third-order valence-electron chi connectivity index (χ3n) is 3.43. The predicted octanol–water partition coefficient (Wildman–Crippen LogP) is 1.71. The largest absolute Gasteiger partial charge is 0.351 e. The monoisotopic (exact) mass is 279 g/mol. The quantitative estimate of drug-likeness (QED) is 0.917. The van der Waals surface area contributed by atoms with Gasteiger partial charge in [-0.1, -0.05) is 6.42 Å². The van der Waals surface area contributed by atoms with Crippen LogP contribution in [-0.2, 0) is 0 Å². The van der Waals surface area contributed by atoms with Gasteiger partial charge in [0.05, 0.1) is 0 Å². The Morgan fingerprint density at radius 2 is 2.21 bits per heavy atom. The van der Waals surface area contributed by atoms with E-state index in [9.17, 15) is 0 Å². The minimum absolute atomic E-state index is 0.142. The van der Waals surface area contributed by atoms with E-state index < -0.39 is 0 Å². The maximum atomic E-state index is 5.91.